The van der Waals surface area contributed by atoms with Crippen LogP contribution in [0.5, 0.6) is 5.75 Å². The smallest absolute Gasteiger partial charge is 0.230 e. The van der Waals surface area contributed by atoms with Crippen molar-refractivity contribution in [1.82, 2.24) is 14.8 Å². The largest absolute Gasteiger partial charge is 0.493 e. The molecule has 0 saturated carbocycles. The second kappa shape index (κ2) is 11.4. The summed E-state index contributed by atoms with van der Waals surface area (Å²) in [6, 6.07) is 16.1. The number of aromatic nitrogens is 1. The second-order valence-electron chi connectivity index (χ2n) is 8.21. The van der Waals surface area contributed by atoms with Gasteiger partial charge < -0.3 is 15.0 Å². The van der Waals surface area contributed by atoms with Gasteiger partial charge in [-0.05, 0) is 43.3 Å². The van der Waals surface area contributed by atoms with E-state index in [-0.39, 0.29) is 12.3 Å². The summed E-state index contributed by atoms with van der Waals surface area (Å²) in [7, 11) is 0. The number of likely N-dealkylation sites (N-methyl/N-ethyl adjacent to an activating group) is 1. The summed E-state index contributed by atoms with van der Waals surface area (Å²) in [5, 5.41) is 5.81. The lowest BCUT2D eigenvalue weighted by Gasteiger charge is -2.34. The lowest BCUT2D eigenvalue weighted by atomic mass is 10.1. The number of nitrogens with one attached hydrogen (secondary N) is 1. The average molecular weight is 465 g/mol. The predicted molar refractivity (Wildman–Crippen MR) is 135 cm³/mol. The maximum atomic E-state index is 12.6. The van der Waals surface area contributed by atoms with E-state index in [1.807, 2.05) is 48.7 Å². The maximum absolute atomic E-state index is 12.6. The molecule has 3 aromatic rings. The molecule has 1 saturated heterocycles. The van der Waals surface area contributed by atoms with Gasteiger partial charge in [0.25, 0.3) is 0 Å². The number of piperazine rings is 1. The highest BCUT2D eigenvalue weighted by atomic mass is 32.1. The van der Waals surface area contributed by atoms with Crippen molar-refractivity contribution in [3.05, 3.63) is 65.2 Å². The van der Waals surface area contributed by atoms with E-state index in [1.165, 1.54) is 16.9 Å². The molecular weight excluding hydrogens is 432 g/mol. The first-order chi connectivity index (χ1) is 16.1. The van der Waals surface area contributed by atoms with E-state index in [2.05, 4.69) is 39.2 Å². The fourth-order valence-corrected chi connectivity index (χ4v) is 4.87. The maximum Gasteiger partial charge on any atom is 0.230 e. The normalized spacial score (nSPS) is 14.8. The standard InChI is InChI=1S/C26H32N4O2S/c1-3-29-13-15-30(16-14-29)18-20-9-11-21(12-10-20)27-25(31)17-22-19-33-26(28-22)23-7-5-6-8-24(23)32-4-2/h5-12,19H,3-4,13-18H2,1-2H3,(H,27,31). The van der Waals surface area contributed by atoms with Crippen molar-refractivity contribution in [2.45, 2.75) is 26.8 Å². The van der Waals surface area contributed by atoms with Gasteiger partial charge in [-0.1, -0.05) is 31.2 Å². The minimum absolute atomic E-state index is 0.0617. The molecule has 1 aliphatic rings. The van der Waals surface area contributed by atoms with Gasteiger partial charge in [-0.25, -0.2) is 4.98 Å². The van der Waals surface area contributed by atoms with Crippen LogP contribution in [0.2, 0.25) is 0 Å². The van der Waals surface area contributed by atoms with Crippen LogP contribution in [0, 0.1) is 0 Å². The number of rotatable bonds is 9. The number of amides is 1. The number of carbonyl (C=O) groups excluding carboxylic acids is 1. The monoisotopic (exact) mass is 464 g/mol. The molecule has 1 fully saturated rings. The Morgan fingerprint density at radius 1 is 1.03 bits per heavy atom. The van der Waals surface area contributed by atoms with Gasteiger partial charge in [0, 0.05) is 43.8 Å². The third-order valence-corrected chi connectivity index (χ3v) is 6.79. The van der Waals surface area contributed by atoms with Gasteiger partial charge in [-0.3, -0.25) is 9.69 Å². The summed E-state index contributed by atoms with van der Waals surface area (Å²) in [5.41, 5.74) is 3.82. The number of anilines is 1. The topological polar surface area (TPSA) is 57.7 Å². The number of hydrogen-bond donors (Lipinski definition) is 1. The zero-order valence-electron chi connectivity index (χ0n) is 19.4. The molecule has 2 aromatic carbocycles. The molecule has 0 aliphatic carbocycles. The van der Waals surface area contributed by atoms with Crippen molar-refractivity contribution in [3.63, 3.8) is 0 Å². The number of nitrogens with zero attached hydrogens (tertiary/aromatic N) is 3. The van der Waals surface area contributed by atoms with Crippen LogP contribution in [0.25, 0.3) is 10.6 Å². The highest BCUT2D eigenvalue weighted by molar-refractivity contribution is 7.13. The fraction of sp³-hybridized carbons (Fsp3) is 0.385. The molecular formula is C26H32N4O2S. The highest BCUT2D eigenvalue weighted by Gasteiger charge is 2.16. The lowest BCUT2D eigenvalue weighted by Crippen LogP contribution is -2.45. The van der Waals surface area contributed by atoms with Crippen LogP contribution in [-0.2, 0) is 17.8 Å². The molecule has 2 heterocycles. The summed E-state index contributed by atoms with van der Waals surface area (Å²) in [5.74, 6) is 0.756. The van der Waals surface area contributed by atoms with E-state index in [1.54, 1.807) is 0 Å². The zero-order valence-corrected chi connectivity index (χ0v) is 20.2. The second-order valence-corrected chi connectivity index (χ2v) is 9.06. The minimum atomic E-state index is -0.0617. The van der Waals surface area contributed by atoms with E-state index in [0.717, 1.165) is 67.0 Å². The Labute approximate surface area is 200 Å². The highest BCUT2D eigenvalue weighted by Crippen LogP contribution is 2.32. The average Bonchev–Trinajstić information content (AvgIpc) is 3.29. The van der Waals surface area contributed by atoms with Gasteiger partial charge in [0.05, 0.1) is 24.3 Å². The van der Waals surface area contributed by atoms with Gasteiger partial charge in [0.15, 0.2) is 0 Å². The molecule has 0 spiro atoms. The number of carbonyl (C=O) groups is 1. The first-order valence-corrected chi connectivity index (χ1v) is 12.5. The predicted octanol–water partition coefficient (Wildman–Crippen LogP) is 4.53. The van der Waals surface area contributed by atoms with Crippen LogP contribution in [0.4, 0.5) is 5.69 Å². The first-order valence-electron chi connectivity index (χ1n) is 11.6. The van der Waals surface area contributed by atoms with Crippen molar-refractivity contribution in [2.24, 2.45) is 0 Å². The fourth-order valence-electron chi connectivity index (χ4n) is 4.02. The summed E-state index contributed by atoms with van der Waals surface area (Å²) in [6.07, 6.45) is 0.247. The molecule has 0 radical (unpaired) electrons. The molecule has 4 rings (SSSR count). The quantitative estimate of drug-likeness (QED) is 0.504. The Morgan fingerprint density at radius 3 is 2.48 bits per heavy atom. The summed E-state index contributed by atoms with van der Waals surface area (Å²) in [6.45, 7) is 11.4. The van der Waals surface area contributed by atoms with E-state index >= 15 is 0 Å². The van der Waals surface area contributed by atoms with E-state index in [9.17, 15) is 4.79 Å². The van der Waals surface area contributed by atoms with Crippen molar-refractivity contribution in [1.29, 1.82) is 0 Å². The van der Waals surface area contributed by atoms with Crippen molar-refractivity contribution in [3.8, 4) is 16.3 Å². The van der Waals surface area contributed by atoms with Gasteiger partial charge in [0.1, 0.15) is 10.8 Å². The lowest BCUT2D eigenvalue weighted by molar-refractivity contribution is -0.115. The minimum Gasteiger partial charge on any atom is -0.493 e. The molecule has 0 unspecified atom stereocenters. The van der Waals surface area contributed by atoms with Gasteiger partial charge in [-0.15, -0.1) is 11.3 Å². The molecule has 6 nitrogen and oxygen atoms in total. The first kappa shape index (κ1) is 23.4. The van der Waals surface area contributed by atoms with Crippen LogP contribution in [0.1, 0.15) is 25.1 Å². The molecule has 1 aromatic heterocycles. The Kier molecular flexibility index (Phi) is 8.10. The summed E-state index contributed by atoms with van der Waals surface area (Å²) >= 11 is 1.53. The van der Waals surface area contributed by atoms with E-state index in [0.29, 0.717) is 6.61 Å². The third-order valence-electron chi connectivity index (χ3n) is 5.87. The van der Waals surface area contributed by atoms with Crippen LogP contribution < -0.4 is 10.1 Å². The van der Waals surface area contributed by atoms with Gasteiger partial charge >= 0.3 is 0 Å². The number of ether oxygens (including phenoxy) is 1. The molecule has 7 heteroatoms. The van der Waals surface area contributed by atoms with E-state index < -0.39 is 0 Å². The number of benzene rings is 2. The third kappa shape index (κ3) is 6.41. The Bertz CT molecular complexity index is 1040. The van der Waals surface area contributed by atoms with Crippen molar-refractivity contribution in [2.75, 3.05) is 44.6 Å². The Morgan fingerprint density at radius 2 is 1.76 bits per heavy atom. The summed E-state index contributed by atoms with van der Waals surface area (Å²) in [4.78, 5) is 22.2. The molecule has 1 N–H and O–H groups in total. The number of thiazole rings is 1. The Balaban J connectivity index is 1.30. The van der Waals surface area contributed by atoms with E-state index in [4.69, 9.17) is 4.74 Å². The van der Waals surface area contributed by atoms with Crippen LogP contribution in [0.3, 0.4) is 0 Å². The van der Waals surface area contributed by atoms with Crippen molar-refractivity contribution < 1.29 is 9.53 Å². The molecule has 0 atom stereocenters. The molecule has 0 bridgehead atoms. The molecule has 1 amide bonds. The zero-order chi connectivity index (χ0) is 23.0. The van der Waals surface area contributed by atoms with Crippen LogP contribution in [0.15, 0.2) is 53.9 Å². The SMILES string of the molecule is CCOc1ccccc1-c1nc(CC(=O)Nc2ccc(CN3CCN(CC)CC3)cc2)cs1. The molecule has 1 aliphatic heterocycles. The van der Waals surface area contributed by atoms with Crippen molar-refractivity contribution >= 4 is 22.9 Å². The molecule has 33 heavy (non-hydrogen) atoms. The Hall–Kier alpha value is -2.74. The van der Waals surface area contributed by atoms with Crippen LogP contribution >= 0.6 is 11.3 Å². The number of para-hydroxylation sites is 1. The summed E-state index contributed by atoms with van der Waals surface area (Å²) < 4.78 is 5.71. The van der Waals surface area contributed by atoms with Gasteiger partial charge in [0.2, 0.25) is 5.91 Å². The molecule has 174 valence electrons. The van der Waals surface area contributed by atoms with Crippen LogP contribution in [-0.4, -0.2) is 60.0 Å². The number of hydrogen-bond acceptors (Lipinski definition) is 6. The van der Waals surface area contributed by atoms with Gasteiger partial charge in [-0.2, -0.15) is 0 Å².